The van der Waals surface area contributed by atoms with E-state index in [0.29, 0.717) is 11.7 Å². The van der Waals surface area contributed by atoms with Crippen molar-refractivity contribution in [1.82, 2.24) is 4.98 Å². The lowest BCUT2D eigenvalue weighted by molar-refractivity contribution is 0.463. The van der Waals surface area contributed by atoms with Gasteiger partial charge in [-0.15, -0.1) is 0 Å². The van der Waals surface area contributed by atoms with Crippen LogP contribution in [0.4, 0.5) is 5.82 Å². The van der Waals surface area contributed by atoms with Crippen molar-refractivity contribution in [2.45, 2.75) is 0 Å². The van der Waals surface area contributed by atoms with Crippen molar-refractivity contribution in [3.8, 4) is 11.6 Å². The van der Waals surface area contributed by atoms with Crippen molar-refractivity contribution in [2.75, 3.05) is 5.43 Å². The summed E-state index contributed by atoms with van der Waals surface area (Å²) in [4.78, 5) is 4.14. The first kappa shape index (κ1) is 10.9. The number of nitrogen functional groups attached to an aromatic ring is 1. The van der Waals surface area contributed by atoms with Crippen LogP contribution >= 0.6 is 15.9 Å². The second-order valence-electron chi connectivity index (χ2n) is 3.06. The van der Waals surface area contributed by atoms with Crippen LogP contribution in [0.25, 0.3) is 0 Å². The van der Waals surface area contributed by atoms with Gasteiger partial charge < -0.3 is 10.2 Å². The molecule has 0 aliphatic heterocycles. The van der Waals surface area contributed by atoms with Gasteiger partial charge in [-0.25, -0.2) is 5.84 Å². The second kappa shape index (κ2) is 4.96. The lowest BCUT2D eigenvalue weighted by atomic mass is 10.3. The van der Waals surface area contributed by atoms with Gasteiger partial charge in [0.15, 0.2) is 0 Å². The topological polar surface area (TPSA) is 60.2 Å². The van der Waals surface area contributed by atoms with Crippen molar-refractivity contribution < 1.29 is 4.74 Å². The second-order valence-corrected chi connectivity index (χ2v) is 3.98. The van der Waals surface area contributed by atoms with Gasteiger partial charge >= 0.3 is 0 Å². The van der Waals surface area contributed by atoms with Crippen LogP contribution < -0.4 is 16.0 Å². The van der Waals surface area contributed by atoms with E-state index in [1.807, 2.05) is 30.3 Å². The maximum Gasteiger partial charge on any atom is 0.221 e. The molecule has 0 bridgehead atoms. The van der Waals surface area contributed by atoms with Crippen molar-refractivity contribution in [1.29, 1.82) is 0 Å². The largest absolute Gasteiger partial charge is 0.439 e. The summed E-state index contributed by atoms with van der Waals surface area (Å²) in [5.41, 5.74) is 2.46. The van der Waals surface area contributed by atoms with Crippen LogP contribution in [-0.2, 0) is 0 Å². The Balaban J connectivity index is 2.20. The molecule has 2 aromatic rings. The Morgan fingerprint density at radius 2 is 2.00 bits per heavy atom. The van der Waals surface area contributed by atoms with E-state index in [2.05, 4.69) is 26.3 Å². The summed E-state index contributed by atoms with van der Waals surface area (Å²) in [6.07, 6.45) is 0. The number of benzene rings is 1. The van der Waals surface area contributed by atoms with Crippen LogP contribution in [-0.4, -0.2) is 4.98 Å². The number of anilines is 1. The number of hydrogen-bond acceptors (Lipinski definition) is 4. The molecular formula is C11H10BrN3O. The van der Waals surface area contributed by atoms with Crippen LogP contribution in [0.15, 0.2) is 46.9 Å². The molecule has 0 spiro atoms. The van der Waals surface area contributed by atoms with Gasteiger partial charge in [0.25, 0.3) is 0 Å². The zero-order valence-corrected chi connectivity index (χ0v) is 9.94. The third kappa shape index (κ3) is 2.71. The number of nitrogens with zero attached hydrogens (tertiary/aromatic N) is 1. The molecule has 5 heteroatoms. The highest BCUT2D eigenvalue weighted by molar-refractivity contribution is 9.10. The van der Waals surface area contributed by atoms with Crippen LogP contribution in [0.1, 0.15) is 0 Å². The Labute approximate surface area is 102 Å². The number of hydrogen-bond donors (Lipinski definition) is 2. The highest BCUT2D eigenvalue weighted by atomic mass is 79.9. The molecule has 1 heterocycles. The molecular weight excluding hydrogens is 270 g/mol. The predicted molar refractivity (Wildman–Crippen MR) is 66.3 cm³/mol. The average Bonchev–Trinajstić information content (AvgIpc) is 2.29. The Hall–Kier alpha value is -1.59. The molecule has 1 aromatic heterocycles. The SMILES string of the molecule is NNc1cccc(Oc2cccc(Br)c2)n1. The minimum atomic E-state index is 0.494. The molecule has 82 valence electrons. The summed E-state index contributed by atoms with van der Waals surface area (Å²) in [7, 11) is 0. The Morgan fingerprint density at radius 3 is 2.75 bits per heavy atom. The average molecular weight is 280 g/mol. The van der Waals surface area contributed by atoms with Crippen molar-refractivity contribution in [3.05, 3.63) is 46.9 Å². The molecule has 0 atom stereocenters. The minimum absolute atomic E-state index is 0.494. The molecule has 3 N–H and O–H groups in total. The standard InChI is InChI=1S/C11H10BrN3O/c12-8-3-1-4-9(7-8)16-11-6-2-5-10(14-11)15-13/h1-7H,13H2,(H,14,15). The van der Waals surface area contributed by atoms with E-state index in [0.717, 1.165) is 10.2 Å². The molecule has 2 rings (SSSR count). The van der Waals surface area contributed by atoms with Gasteiger partial charge in [-0.1, -0.05) is 28.1 Å². The predicted octanol–water partition coefficient (Wildman–Crippen LogP) is 2.92. The fourth-order valence-electron chi connectivity index (χ4n) is 1.20. The lowest BCUT2D eigenvalue weighted by Gasteiger charge is -2.06. The van der Waals surface area contributed by atoms with Gasteiger partial charge in [0.05, 0.1) is 0 Å². The molecule has 0 amide bonds. The van der Waals surface area contributed by atoms with E-state index in [9.17, 15) is 0 Å². The van der Waals surface area contributed by atoms with Crippen LogP contribution in [0.5, 0.6) is 11.6 Å². The first-order valence-electron chi connectivity index (χ1n) is 4.65. The number of hydrazine groups is 1. The van der Waals surface area contributed by atoms with Crippen LogP contribution in [0.2, 0.25) is 0 Å². The van der Waals surface area contributed by atoms with Gasteiger partial charge in [0.1, 0.15) is 11.6 Å². The first-order valence-corrected chi connectivity index (χ1v) is 5.44. The van der Waals surface area contributed by atoms with E-state index in [1.54, 1.807) is 12.1 Å². The van der Waals surface area contributed by atoms with Gasteiger partial charge in [0, 0.05) is 10.5 Å². The van der Waals surface area contributed by atoms with E-state index >= 15 is 0 Å². The summed E-state index contributed by atoms with van der Waals surface area (Å²) < 4.78 is 6.52. The summed E-state index contributed by atoms with van der Waals surface area (Å²) in [6, 6.07) is 12.9. The summed E-state index contributed by atoms with van der Waals surface area (Å²) in [5.74, 6) is 7.04. The Bertz CT molecular complexity index is 490. The summed E-state index contributed by atoms with van der Waals surface area (Å²) in [6.45, 7) is 0. The van der Waals surface area contributed by atoms with Gasteiger partial charge in [0.2, 0.25) is 5.88 Å². The number of pyridine rings is 1. The number of nitrogens with two attached hydrogens (primary N) is 1. The summed E-state index contributed by atoms with van der Waals surface area (Å²) >= 11 is 3.37. The first-order chi connectivity index (χ1) is 7.78. The molecule has 0 fully saturated rings. The van der Waals surface area contributed by atoms with Gasteiger partial charge in [-0.05, 0) is 24.3 Å². The van der Waals surface area contributed by atoms with E-state index < -0.39 is 0 Å². The smallest absolute Gasteiger partial charge is 0.221 e. The van der Waals surface area contributed by atoms with Gasteiger partial charge in [-0.2, -0.15) is 4.98 Å². The molecule has 16 heavy (non-hydrogen) atoms. The molecule has 0 aliphatic carbocycles. The third-order valence-electron chi connectivity index (χ3n) is 1.89. The van der Waals surface area contributed by atoms with Gasteiger partial charge in [-0.3, -0.25) is 0 Å². The number of ether oxygens (including phenoxy) is 1. The molecule has 1 aromatic carbocycles. The quantitative estimate of drug-likeness (QED) is 0.670. The highest BCUT2D eigenvalue weighted by Crippen LogP contribution is 2.23. The molecule has 4 nitrogen and oxygen atoms in total. The van der Waals surface area contributed by atoms with Crippen LogP contribution in [0, 0.1) is 0 Å². The number of aromatic nitrogens is 1. The van der Waals surface area contributed by atoms with Crippen LogP contribution in [0.3, 0.4) is 0 Å². The maximum atomic E-state index is 5.56. The zero-order valence-electron chi connectivity index (χ0n) is 8.35. The highest BCUT2D eigenvalue weighted by Gasteiger charge is 2.00. The van der Waals surface area contributed by atoms with Crippen molar-refractivity contribution in [2.24, 2.45) is 5.84 Å². The third-order valence-corrected chi connectivity index (χ3v) is 2.38. The number of nitrogens with one attached hydrogen (secondary N) is 1. The Morgan fingerprint density at radius 1 is 1.19 bits per heavy atom. The monoisotopic (exact) mass is 279 g/mol. The normalized spacial score (nSPS) is 9.88. The van der Waals surface area contributed by atoms with Crippen molar-refractivity contribution >= 4 is 21.7 Å². The number of halogens is 1. The zero-order chi connectivity index (χ0) is 11.4. The fourth-order valence-corrected chi connectivity index (χ4v) is 1.58. The molecule has 0 saturated heterocycles. The molecule has 0 aliphatic rings. The fraction of sp³-hybridized carbons (Fsp3) is 0. The maximum absolute atomic E-state index is 5.56. The molecule has 0 saturated carbocycles. The Kier molecular flexibility index (Phi) is 3.38. The van der Waals surface area contributed by atoms with E-state index in [-0.39, 0.29) is 0 Å². The summed E-state index contributed by atoms with van der Waals surface area (Å²) in [5, 5.41) is 0. The molecule has 0 radical (unpaired) electrons. The van der Waals surface area contributed by atoms with E-state index in [1.165, 1.54) is 0 Å². The van der Waals surface area contributed by atoms with Crippen molar-refractivity contribution in [3.63, 3.8) is 0 Å². The minimum Gasteiger partial charge on any atom is -0.439 e. The molecule has 0 unspecified atom stereocenters. The van der Waals surface area contributed by atoms with E-state index in [4.69, 9.17) is 10.6 Å². The lowest BCUT2D eigenvalue weighted by Crippen LogP contribution is -2.08. The number of rotatable bonds is 3.